The third kappa shape index (κ3) is 2.44. The molecule has 3 N–H and O–H groups in total. The van der Waals surface area contributed by atoms with Crippen LogP contribution in [0.1, 0.15) is 31.0 Å². The van der Waals surface area contributed by atoms with E-state index in [4.69, 9.17) is 15.2 Å². The van der Waals surface area contributed by atoms with Crippen LogP contribution in [0.25, 0.3) is 0 Å². The summed E-state index contributed by atoms with van der Waals surface area (Å²) < 4.78 is 11.2. The molecule has 100 valence electrons. The van der Waals surface area contributed by atoms with E-state index in [1.54, 1.807) is 0 Å². The van der Waals surface area contributed by atoms with E-state index >= 15 is 0 Å². The molecule has 4 nitrogen and oxygen atoms in total. The number of aryl methyl sites for hydroxylation is 1. The van der Waals surface area contributed by atoms with Gasteiger partial charge in [-0.1, -0.05) is 0 Å². The van der Waals surface area contributed by atoms with Gasteiger partial charge >= 0.3 is 0 Å². The largest absolute Gasteiger partial charge is 0.486 e. The van der Waals surface area contributed by atoms with Gasteiger partial charge in [0.2, 0.25) is 0 Å². The highest BCUT2D eigenvalue weighted by molar-refractivity contribution is 5.49. The Kier molecular flexibility index (Phi) is 3.50. The van der Waals surface area contributed by atoms with Gasteiger partial charge in [-0.15, -0.1) is 0 Å². The first kappa shape index (κ1) is 13.2. The van der Waals surface area contributed by atoms with E-state index < -0.39 is 0 Å². The van der Waals surface area contributed by atoms with Crippen molar-refractivity contribution in [3.63, 3.8) is 0 Å². The van der Waals surface area contributed by atoms with Gasteiger partial charge in [0.25, 0.3) is 0 Å². The van der Waals surface area contributed by atoms with Gasteiger partial charge < -0.3 is 20.5 Å². The maximum atomic E-state index is 6.23. The Morgan fingerprint density at radius 2 is 1.78 bits per heavy atom. The summed E-state index contributed by atoms with van der Waals surface area (Å²) in [7, 11) is 1.93. The summed E-state index contributed by atoms with van der Waals surface area (Å²) >= 11 is 0. The summed E-state index contributed by atoms with van der Waals surface area (Å²) in [5.41, 5.74) is 8.21. The topological polar surface area (TPSA) is 56.5 Å². The van der Waals surface area contributed by atoms with Crippen molar-refractivity contribution in [2.24, 2.45) is 5.73 Å². The monoisotopic (exact) mass is 250 g/mol. The third-order valence-corrected chi connectivity index (χ3v) is 3.27. The SMILES string of the molecule is CNC(c1cc2c(cc1C)OCCO2)C(C)(C)N. The van der Waals surface area contributed by atoms with Gasteiger partial charge in [-0.2, -0.15) is 0 Å². The molecular weight excluding hydrogens is 228 g/mol. The molecule has 0 spiro atoms. The fourth-order valence-corrected chi connectivity index (χ4v) is 2.45. The van der Waals surface area contributed by atoms with Crippen LogP contribution in [-0.4, -0.2) is 25.8 Å². The minimum absolute atomic E-state index is 0.0772. The molecule has 1 heterocycles. The van der Waals surface area contributed by atoms with Crippen LogP contribution in [0.5, 0.6) is 11.5 Å². The molecule has 18 heavy (non-hydrogen) atoms. The van der Waals surface area contributed by atoms with Crippen LogP contribution in [0.15, 0.2) is 12.1 Å². The van der Waals surface area contributed by atoms with Gasteiger partial charge in [-0.3, -0.25) is 0 Å². The second-order valence-corrected chi connectivity index (χ2v) is 5.40. The first-order valence-corrected chi connectivity index (χ1v) is 6.29. The average molecular weight is 250 g/mol. The van der Waals surface area contributed by atoms with Crippen molar-refractivity contribution in [3.05, 3.63) is 23.3 Å². The molecule has 1 aliphatic heterocycles. The van der Waals surface area contributed by atoms with Crippen molar-refractivity contribution in [3.8, 4) is 11.5 Å². The first-order chi connectivity index (χ1) is 8.43. The zero-order valence-corrected chi connectivity index (χ0v) is 11.5. The summed E-state index contributed by atoms with van der Waals surface area (Å²) in [4.78, 5) is 0. The molecular formula is C14H22N2O2. The molecule has 0 amide bonds. The third-order valence-electron chi connectivity index (χ3n) is 3.27. The molecule has 0 radical (unpaired) electrons. The molecule has 2 rings (SSSR count). The lowest BCUT2D eigenvalue weighted by molar-refractivity contribution is 0.171. The van der Waals surface area contributed by atoms with Crippen LogP contribution >= 0.6 is 0 Å². The van der Waals surface area contributed by atoms with Gasteiger partial charge in [-0.05, 0) is 51.1 Å². The van der Waals surface area contributed by atoms with Crippen LogP contribution in [0, 0.1) is 6.92 Å². The lowest BCUT2D eigenvalue weighted by Crippen LogP contribution is -2.45. The molecule has 0 saturated carbocycles. The first-order valence-electron chi connectivity index (χ1n) is 6.29. The summed E-state index contributed by atoms with van der Waals surface area (Å²) in [6.45, 7) is 7.33. The molecule has 0 saturated heterocycles. The minimum Gasteiger partial charge on any atom is -0.486 e. The van der Waals surface area contributed by atoms with E-state index in [-0.39, 0.29) is 11.6 Å². The predicted octanol–water partition coefficient (Wildman–Crippen LogP) is 1.76. The van der Waals surface area contributed by atoms with Crippen LogP contribution in [-0.2, 0) is 0 Å². The standard InChI is InChI=1S/C14H22N2O2/c1-9-7-11-12(18-6-5-17-11)8-10(9)13(16-4)14(2,3)15/h7-8,13,16H,5-6,15H2,1-4H3. The Morgan fingerprint density at radius 1 is 1.22 bits per heavy atom. The smallest absolute Gasteiger partial charge is 0.161 e. The molecule has 0 bridgehead atoms. The molecule has 0 aromatic heterocycles. The van der Waals surface area contributed by atoms with Crippen molar-refractivity contribution in [2.75, 3.05) is 20.3 Å². The van der Waals surface area contributed by atoms with Crippen LogP contribution < -0.4 is 20.5 Å². The molecule has 1 aliphatic rings. The summed E-state index contributed by atoms with van der Waals surface area (Å²) in [6.07, 6.45) is 0. The fraction of sp³-hybridized carbons (Fsp3) is 0.571. The Balaban J connectivity index is 2.44. The van der Waals surface area contributed by atoms with E-state index in [1.165, 1.54) is 0 Å². The zero-order chi connectivity index (χ0) is 13.3. The fourth-order valence-electron chi connectivity index (χ4n) is 2.45. The van der Waals surface area contributed by atoms with E-state index in [0.717, 1.165) is 22.6 Å². The Hall–Kier alpha value is -1.26. The van der Waals surface area contributed by atoms with Crippen molar-refractivity contribution in [2.45, 2.75) is 32.4 Å². The summed E-state index contributed by atoms with van der Waals surface area (Å²) in [5, 5.41) is 3.28. The van der Waals surface area contributed by atoms with Crippen LogP contribution in [0.4, 0.5) is 0 Å². The van der Waals surface area contributed by atoms with E-state index in [9.17, 15) is 0 Å². The maximum absolute atomic E-state index is 6.23. The van der Waals surface area contributed by atoms with E-state index in [2.05, 4.69) is 12.2 Å². The lowest BCUT2D eigenvalue weighted by Gasteiger charge is -2.32. The molecule has 4 heteroatoms. The van der Waals surface area contributed by atoms with Gasteiger partial charge in [0.15, 0.2) is 11.5 Å². The molecule has 1 aromatic rings. The van der Waals surface area contributed by atoms with Crippen LogP contribution in [0.3, 0.4) is 0 Å². The van der Waals surface area contributed by atoms with Crippen molar-refractivity contribution in [1.29, 1.82) is 0 Å². The summed E-state index contributed by atoms with van der Waals surface area (Å²) in [5.74, 6) is 1.64. The quantitative estimate of drug-likeness (QED) is 0.858. The number of nitrogens with one attached hydrogen (secondary N) is 1. The number of hydrogen-bond acceptors (Lipinski definition) is 4. The number of fused-ring (bicyclic) bond motifs is 1. The van der Waals surface area contributed by atoms with Gasteiger partial charge in [-0.25, -0.2) is 0 Å². The van der Waals surface area contributed by atoms with Gasteiger partial charge in [0, 0.05) is 11.6 Å². The normalized spacial score (nSPS) is 16.5. The Labute approximate surface area is 108 Å². The number of ether oxygens (including phenoxy) is 2. The number of hydrogen-bond donors (Lipinski definition) is 2. The van der Waals surface area contributed by atoms with E-state index in [0.29, 0.717) is 13.2 Å². The zero-order valence-electron chi connectivity index (χ0n) is 11.5. The maximum Gasteiger partial charge on any atom is 0.161 e. The predicted molar refractivity (Wildman–Crippen MR) is 72.2 cm³/mol. The highest BCUT2D eigenvalue weighted by atomic mass is 16.6. The minimum atomic E-state index is -0.344. The van der Waals surface area contributed by atoms with Crippen LogP contribution in [0.2, 0.25) is 0 Å². The second-order valence-electron chi connectivity index (χ2n) is 5.40. The van der Waals surface area contributed by atoms with Crippen molar-refractivity contribution >= 4 is 0 Å². The highest BCUT2D eigenvalue weighted by Crippen LogP contribution is 2.37. The number of rotatable bonds is 3. The molecule has 0 fully saturated rings. The second kappa shape index (κ2) is 4.78. The molecule has 1 unspecified atom stereocenters. The average Bonchev–Trinajstić information content (AvgIpc) is 2.29. The van der Waals surface area contributed by atoms with Crippen molar-refractivity contribution in [1.82, 2.24) is 5.32 Å². The van der Waals surface area contributed by atoms with Gasteiger partial charge in [0.1, 0.15) is 13.2 Å². The number of nitrogens with two attached hydrogens (primary N) is 1. The molecule has 1 aromatic carbocycles. The summed E-state index contributed by atoms with van der Waals surface area (Å²) in [6, 6.07) is 4.15. The van der Waals surface area contributed by atoms with E-state index in [1.807, 2.05) is 33.0 Å². The highest BCUT2D eigenvalue weighted by Gasteiger charge is 2.28. The Morgan fingerprint density at radius 3 is 2.28 bits per heavy atom. The number of benzene rings is 1. The lowest BCUT2D eigenvalue weighted by atomic mass is 9.87. The molecule has 1 atom stereocenters. The molecule has 0 aliphatic carbocycles. The number of likely N-dealkylation sites (N-methyl/N-ethyl adjacent to an activating group) is 1. The van der Waals surface area contributed by atoms with Gasteiger partial charge in [0.05, 0.1) is 0 Å². The Bertz CT molecular complexity index is 438. The van der Waals surface area contributed by atoms with Crippen molar-refractivity contribution < 1.29 is 9.47 Å².